The van der Waals surface area contributed by atoms with E-state index in [1.807, 2.05) is 0 Å². The lowest BCUT2D eigenvalue weighted by Gasteiger charge is -2.19. The maximum atomic E-state index is 13.0. The van der Waals surface area contributed by atoms with Gasteiger partial charge < -0.3 is 9.84 Å². The Morgan fingerprint density at radius 3 is 2.64 bits per heavy atom. The molecule has 2 rings (SSSR count). The van der Waals surface area contributed by atoms with E-state index < -0.39 is 24.0 Å². The first-order valence-electron chi connectivity index (χ1n) is 6.56. The standard InChI is InChI=1S/C14H15BrF3NO3/c1-22-12-4-9(15)3-2-8(12)5-19-6-10(13(20)21)11(7-19)14(16,17)18/h2-4,10-11H,5-7H2,1H3,(H,20,21)/t10-,11-/m1/s1. The fourth-order valence-electron chi connectivity index (χ4n) is 2.69. The van der Waals surface area contributed by atoms with Crippen molar-refractivity contribution in [2.75, 3.05) is 20.2 Å². The largest absolute Gasteiger partial charge is 0.496 e. The number of alkyl halides is 3. The van der Waals surface area contributed by atoms with Gasteiger partial charge >= 0.3 is 12.1 Å². The molecule has 0 amide bonds. The number of nitrogens with zero attached hydrogens (tertiary/aromatic N) is 1. The Morgan fingerprint density at radius 2 is 2.14 bits per heavy atom. The number of methoxy groups -OCH3 is 1. The zero-order valence-corrected chi connectivity index (χ0v) is 13.3. The van der Waals surface area contributed by atoms with E-state index in [4.69, 9.17) is 9.84 Å². The lowest BCUT2D eigenvalue weighted by Crippen LogP contribution is -2.33. The molecular formula is C14H15BrF3NO3. The molecule has 0 aliphatic carbocycles. The van der Waals surface area contributed by atoms with Gasteiger partial charge in [0.2, 0.25) is 0 Å². The SMILES string of the molecule is COc1cc(Br)ccc1CN1C[C@@H](C(F)(F)F)[C@H](C(=O)O)C1. The smallest absolute Gasteiger partial charge is 0.393 e. The molecule has 0 spiro atoms. The highest BCUT2D eigenvalue weighted by Gasteiger charge is 2.52. The van der Waals surface area contributed by atoms with Gasteiger partial charge in [0, 0.05) is 29.7 Å². The van der Waals surface area contributed by atoms with Crippen LogP contribution in [0.25, 0.3) is 0 Å². The van der Waals surface area contributed by atoms with E-state index in [1.54, 1.807) is 18.2 Å². The second-order valence-electron chi connectivity index (χ2n) is 5.24. The van der Waals surface area contributed by atoms with E-state index in [0.717, 1.165) is 10.0 Å². The molecule has 1 saturated heterocycles. The van der Waals surface area contributed by atoms with E-state index in [1.165, 1.54) is 12.0 Å². The average molecular weight is 382 g/mol. The third-order valence-corrected chi connectivity index (χ3v) is 4.27. The third kappa shape index (κ3) is 3.73. The van der Waals surface area contributed by atoms with Gasteiger partial charge in [0.1, 0.15) is 5.75 Å². The first kappa shape index (κ1) is 17.1. The van der Waals surface area contributed by atoms with Crippen LogP contribution in [-0.2, 0) is 11.3 Å². The lowest BCUT2D eigenvalue weighted by molar-refractivity contribution is -0.188. The molecule has 8 heteroatoms. The summed E-state index contributed by atoms with van der Waals surface area (Å²) in [5.41, 5.74) is 0.720. The first-order chi connectivity index (χ1) is 10.2. The van der Waals surface area contributed by atoms with Crippen LogP contribution in [0.3, 0.4) is 0 Å². The van der Waals surface area contributed by atoms with E-state index in [0.29, 0.717) is 5.75 Å². The summed E-state index contributed by atoms with van der Waals surface area (Å²) < 4.78 is 44.9. The van der Waals surface area contributed by atoms with Gasteiger partial charge in [0.15, 0.2) is 0 Å². The molecule has 1 aliphatic rings. The zero-order valence-electron chi connectivity index (χ0n) is 11.7. The number of rotatable bonds is 4. The molecule has 4 nitrogen and oxygen atoms in total. The first-order valence-corrected chi connectivity index (χ1v) is 7.36. The number of halogens is 4. The molecular weight excluding hydrogens is 367 g/mol. The van der Waals surface area contributed by atoms with Crippen molar-refractivity contribution >= 4 is 21.9 Å². The Bertz CT molecular complexity index is 565. The molecule has 122 valence electrons. The average Bonchev–Trinajstić information content (AvgIpc) is 2.85. The van der Waals surface area contributed by atoms with Gasteiger partial charge in [-0.05, 0) is 12.1 Å². The summed E-state index contributed by atoms with van der Waals surface area (Å²) in [6.07, 6.45) is -4.51. The summed E-state index contributed by atoms with van der Waals surface area (Å²) in [6, 6.07) is 5.24. The van der Waals surface area contributed by atoms with Gasteiger partial charge in [-0.3, -0.25) is 9.69 Å². The Hall–Kier alpha value is -1.28. The highest BCUT2D eigenvalue weighted by molar-refractivity contribution is 9.10. The van der Waals surface area contributed by atoms with Gasteiger partial charge in [-0.1, -0.05) is 22.0 Å². The lowest BCUT2D eigenvalue weighted by atomic mass is 9.96. The number of benzene rings is 1. The minimum absolute atomic E-state index is 0.126. The van der Waals surface area contributed by atoms with E-state index in [-0.39, 0.29) is 19.6 Å². The van der Waals surface area contributed by atoms with Gasteiger partial charge in [0.25, 0.3) is 0 Å². The Morgan fingerprint density at radius 1 is 1.45 bits per heavy atom. The molecule has 22 heavy (non-hydrogen) atoms. The molecule has 0 bridgehead atoms. The predicted octanol–water partition coefficient (Wildman–Crippen LogP) is 3.15. The molecule has 0 radical (unpaired) electrons. The third-order valence-electron chi connectivity index (χ3n) is 3.78. The minimum Gasteiger partial charge on any atom is -0.496 e. The summed E-state index contributed by atoms with van der Waals surface area (Å²) in [7, 11) is 1.48. The van der Waals surface area contributed by atoms with Gasteiger partial charge in [-0.2, -0.15) is 13.2 Å². The number of likely N-dealkylation sites (tertiary alicyclic amines) is 1. The Kier molecular flexibility index (Phi) is 5.01. The normalized spacial score (nSPS) is 22.8. The summed E-state index contributed by atoms with van der Waals surface area (Å²) in [6.45, 7) is -0.231. The maximum absolute atomic E-state index is 13.0. The van der Waals surface area contributed by atoms with Crippen molar-refractivity contribution in [3.8, 4) is 5.75 Å². The van der Waals surface area contributed by atoms with E-state index in [9.17, 15) is 18.0 Å². The van der Waals surface area contributed by atoms with Crippen LogP contribution in [0.15, 0.2) is 22.7 Å². The fraction of sp³-hybridized carbons (Fsp3) is 0.500. The Labute approximate surface area is 134 Å². The number of carboxylic acids is 1. The monoisotopic (exact) mass is 381 g/mol. The van der Waals surface area contributed by atoms with Crippen molar-refractivity contribution in [1.29, 1.82) is 0 Å². The van der Waals surface area contributed by atoms with Crippen molar-refractivity contribution in [1.82, 2.24) is 4.90 Å². The maximum Gasteiger partial charge on any atom is 0.393 e. The Balaban J connectivity index is 2.17. The highest BCUT2D eigenvalue weighted by atomic mass is 79.9. The zero-order chi connectivity index (χ0) is 16.5. The van der Waals surface area contributed by atoms with Crippen molar-refractivity contribution in [2.24, 2.45) is 11.8 Å². The number of carbonyl (C=O) groups is 1. The fourth-order valence-corrected chi connectivity index (χ4v) is 3.03. The predicted molar refractivity (Wildman–Crippen MR) is 76.6 cm³/mol. The van der Waals surface area contributed by atoms with Gasteiger partial charge in [-0.25, -0.2) is 0 Å². The van der Waals surface area contributed by atoms with E-state index >= 15 is 0 Å². The van der Waals surface area contributed by atoms with Crippen molar-refractivity contribution in [2.45, 2.75) is 12.7 Å². The number of hydrogen-bond acceptors (Lipinski definition) is 3. The number of carboxylic acid groups (broad SMARTS) is 1. The van der Waals surface area contributed by atoms with Crippen LogP contribution in [0.5, 0.6) is 5.75 Å². The minimum atomic E-state index is -4.51. The molecule has 1 fully saturated rings. The summed E-state index contributed by atoms with van der Waals surface area (Å²) in [5, 5.41) is 9.01. The molecule has 0 unspecified atom stereocenters. The van der Waals surface area contributed by atoms with Gasteiger partial charge in [-0.15, -0.1) is 0 Å². The highest BCUT2D eigenvalue weighted by Crippen LogP contribution is 2.38. The molecule has 2 atom stereocenters. The van der Waals surface area contributed by atoms with Crippen LogP contribution in [0.1, 0.15) is 5.56 Å². The summed E-state index contributed by atoms with van der Waals surface area (Å²) in [4.78, 5) is 12.6. The van der Waals surface area contributed by atoms with Crippen molar-refractivity contribution in [3.05, 3.63) is 28.2 Å². The molecule has 0 saturated carbocycles. The van der Waals surface area contributed by atoms with Crippen LogP contribution >= 0.6 is 15.9 Å². The van der Waals surface area contributed by atoms with Crippen LogP contribution in [-0.4, -0.2) is 42.4 Å². The number of hydrogen-bond donors (Lipinski definition) is 1. The van der Waals surface area contributed by atoms with Crippen LogP contribution in [0, 0.1) is 11.8 Å². The van der Waals surface area contributed by atoms with Gasteiger partial charge in [0.05, 0.1) is 18.9 Å². The molecule has 1 heterocycles. The van der Waals surface area contributed by atoms with Crippen LogP contribution in [0.4, 0.5) is 13.2 Å². The van der Waals surface area contributed by atoms with Crippen LogP contribution in [0.2, 0.25) is 0 Å². The van der Waals surface area contributed by atoms with Crippen LogP contribution < -0.4 is 4.74 Å². The number of aliphatic carboxylic acids is 1. The van der Waals surface area contributed by atoms with Crippen molar-refractivity contribution in [3.63, 3.8) is 0 Å². The molecule has 1 aromatic carbocycles. The molecule has 1 aliphatic heterocycles. The molecule has 1 N–H and O–H groups in total. The quantitative estimate of drug-likeness (QED) is 0.870. The summed E-state index contributed by atoms with van der Waals surface area (Å²) in [5.74, 6) is -4.13. The molecule has 0 aromatic heterocycles. The second kappa shape index (κ2) is 6.45. The second-order valence-corrected chi connectivity index (χ2v) is 6.16. The van der Waals surface area contributed by atoms with E-state index in [2.05, 4.69) is 15.9 Å². The molecule has 1 aromatic rings. The topological polar surface area (TPSA) is 49.8 Å². The summed E-state index contributed by atoms with van der Waals surface area (Å²) >= 11 is 3.29. The number of ether oxygens (including phenoxy) is 1. The van der Waals surface area contributed by atoms with Crippen molar-refractivity contribution < 1.29 is 27.8 Å².